The van der Waals surface area contributed by atoms with Gasteiger partial charge in [-0.3, -0.25) is 4.79 Å². The minimum atomic E-state index is -1.05. The standard InChI is InChI=1S/C8H13ClN2O4/c9-3-7(13)10-5-4-11(8(14)15)2-1-6(5)12/h5-6,12H,1-4H2,(H,10,13)(H,14,15). The molecule has 0 aromatic rings. The van der Waals surface area contributed by atoms with E-state index in [0.717, 1.165) is 4.90 Å². The second-order valence-electron chi connectivity index (χ2n) is 3.39. The van der Waals surface area contributed by atoms with Gasteiger partial charge in [-0.1, -0.05) is 0 Å². The van der Waals surface area contributed by atoms with E-state index in [0.29, 0.717) is 6.42 Å². The number of aliphatic hydroxyl groups is 1. The van der Waals surface area contributed by atoms with E-state index in [4.69, 9.17) is 16.7 Å². The van der Waals surface area contributed by atoms with Crippen LogP contribution in [0.15, 0.2) is 0 Å². The monoisotopic (exact) mass is 236 g/mol. The van der Waals surface area contributed by atoms with Crippen molar-refractivity contribution in [2.24, 2.45) is 0 Å². The van der Waals surface area contributed by atoms with Gasteiger partial charge in [-0.25, -0.2) is 4.79 Å². The Balaban J connectivity index is 2.53. The van der Waals surface area contributed by atoms with Crippen LogP contribution in [0, 0.1) is 0 Å². The summed E-state index contributed by atoms with van der Waals surface area (Å²) >= 11 is 5.29. The summed E-state index contributed by atoms with van der Waals surface area (Å²) in [6, 6.07) is -0.568. The molecule has 1 saturated heterocycles. The summed E-state index contributed by atoms with van der Waals surface area (Å²) < 4.78 is 0. The first-order valence-corrected chi connectivity index (χ1v) is 5.09. The van der Waals surface area contributed by atoms with Crippen LogP contribution in [-0.4, -0.2) is 58.2 Å². The van der Waals surface area contributed by atoms with Crippen molar-refractivity contribution in [2.45, 2.75) is 18.6 Å². The van der Waals surface area contributed by atoms with Crippen molar-refractivity contribution in [1.29, 1.82) is 0 Å². The molecule has 2 atom stereocenters. The Kier molecular flexibility index (Phi) is 4.16. The van der Waals surface area contributed by atoms with Crippen molar-refractivity contribution < 1.29 is 19.8 Å². The van der Waals surface area contributed by atoms with Gasteiger partial charge in [0.05, 0.1) is 12.1 Å². The predicted molar refractivity (Wildman–Crippen MR) is 52.9 cm³/mol. The zero-order valence-corrected chi connectivity index (χ0v) is 8.78. The zero-order valence-electron chi connectivity index (χ0n) is 8.02. The number of nitrogens with one attached hydrogen (secondary N) is 1. The number of nitrogens with zero attached hydrogens (tertiary/aromatic N) is 1. The summed E-state index contributed by atoms with van der Waals surface area (Å²) in [5.41, 5.74) is 0. The molecule has 15 heavy (non-hydrogen) atoms. The maximum absolute atomic E-state index is 11.0. The molecule has 1 aliphatic heterocycles. The van der Waals surface area contributed by atoms with E-state index >= 15 is 0 Å². The van der Waals surface area contributed by atoms with E-state index in [1.54, 1.807) is 0 Å². The molecule has 1 fully saturated rings. The molecule has 1 aliphatic rings. The van der Waals surface area contributed by atoms with Crippen LogP contribution >= 0.6 is 11.6 Å². The minimum absolute atomic E-state index is 0.0964. The summed E-state index contributed by atoms with van der Waals surface area (Å²) in [5, 5.41) is 20.8. The van der Waals surface area contributed by atoms with Gasteiger partial charge in [-0.2, -0.15) is 0 Å². The van der Waals surface area contributed by atoms with Crippen LogP contribution in [0.4, 0.5) is 4.79 Å². The highest BCUT2D eigenvalue weighted by atomic mass is 35.5. The van der Waals surface area contributed by atoms with Crippen molar-refractivity contribution in [3.63, 3.8) is 0 Å². The molecule has 86 valence electrons. The molecule has 6 nitrogen and oxygen atoms in total. The molecule has 7 heteroatoms. The molecule has 2 amide bonds. The fourth-order valence-electron chi connectivity index (χ4n) is 1.50. The third-order valence-electron chi connectivity index (χ3n) is 2.31. The van der Waals surface area contributed by atoms with Crippen LogP contribution in [0.1, 0.15) is 6.42 Å². The fraction of sp³-hybridized carbons (Fsp3) is 0.750. The average Bonchev–Trinajstić information content (AvgIpc) is 2.20. The quantitative estimate of drug-likeness (QED) is 0.562. The third kappa shape index (κ3) is 3.24. The van der Waals surface area contributed by atoms with Crippen LogP contribution in [-0.2, 0) is 4.79 Å². The molecule has 0 bridgehead atoms. The number of carboxylic acid groups (broad SMARTS) is 1. The second-order valence-corrected chi connectivity index (χ2v) is 3.66. The summed E-state index contributed by atoms with van der Waals surface area (Å²) in [6.45, 7) is 0.378. The predicted octanol–water partition coefficient (Wildman–Crippen LogP) is -0.545. The molecule has 1 heterocycles. The van der Waals surface area contributed by atoms with E-state index in [1.807, 2.05) is 0 Å². The number of hydrogen-bond donors (Lipinski definition) is 3. The molecular weight excluding hydrogens is 224 g/mol. The summed E-state index contributed by atoms with van der Waals surface area (Å²) in [6.07, 6.45) is -1.45. The van der Waals surface area contributed by atoms with Gasteiger partial charge in [-0.15, -0.1) is 11.6 Å². The number of piperidine rings is 1. The fourth-order valence-corrected chi connectivity index (χ4v) is 1.58. The van der Waals surface area contributed by atoms with Gasteiger partial charge in [0, 0.05) is 13.1 Å². The molecule has 2 unspecified atom stereocenters. The number of carbonyl (C=O) groups is 2. The third-order valence-corrected chi connectivity index (χ3v) is 2.56. The van der Waals surface area contributed by atoms with E-state index in [2.05, 4.69) is 5.32 Å². The molecule has 0 aromatic carbocycles. The van der Waals surface area contributed by atoms with Crippen LogP contribution in [0.3, 0.4) is 0 Å². The highest BCUT2D eigenvalue weighted by Crippen LogP contribution is 2.11. The van der Waals surface area contributed by atoms with Crippen molar-refractivity contribution in [3.8, 4) is 0 Å². The van der Waals surface area contributed by atoms with Crippen molar-refractivity contribution in [3.05, 3.63) is 0 Å². The first-order chi connectivity index (χ1) is 7.04. The average molecular weight is 237 g/mol. The van der Waals surface area contributed by atoms with E-state index < -0.39 is 24.1 Å². The lowest BCUT2D eigenvalue weighted by molar-refractivity contribution is -0.120. The number of carbonyl (C=O) groups excluding carboxylic acids is 1. The first kappa shape index (κ1) is 12.1. The Hall–Kier alpha value is -1.01. The summed E-state index contributed by atoms with van der Waals surface area (Å²) in [7, 11) is 0. The Labute approximate surface area is 91.8 Å². The Morgan fingerprint density at radius 1 is 1.53 bits per heavy atom. The lowest BCUT2D eigenvalue weighted by Crippen LogP contribution is -2.56. The molecule has 0 aromatic heterocycles. The summed E-state index contributed by atoms with van der Waals surface area (Å²) in [5.74, 6) is -0.607. The van der Waals surface area contributed by atoms with E-state index in [1.165, 1.54) is 0 Å². The number of amides is 2. The molecule has 1 rings (SSSR count). The van der Waals surface area contributed by atoms with Gasteiger partial charge in [0.25, 0.3) is 0 Å². The van der Waals surface area contributed by atoms with Gasteiger partial charge in [-0.05, 0) is 6.42 Å². The second kappa shape index (κ2) is 5.18. The van der Waals surface area contributed by atoms with Crippen LogP contribution in [0.25, 0.3) is 0 Å². The highest BCUT2D eigenvalue weighted by molar-refractivity contribution is 6.27. The highest BCUT2D eigenvalue weighted by Gasteiger charge is 2.30. The lowest BCUT2D eigenvalue weighted by atomic mass is 10.0. The molecular formula is C8H13ClN2O4. The van der Waals surface area contributed by atoms with Crippen molar-refractivity contribution in [2.75, 3.05) is 19.0 Å². The minimum Gasteiger partial charge on any atom is -0.465 e. The molecule has 3 N–H and O–H groups in total. The number of hydrogen-bond acceptors (Lipinski definition) is 3. The normalized spacial score (nSPS) is 26.1. The maximum atomic E-state index is 11.0. The van der Waals surface area contributed by atoms with Crippen molar-refractivity contribution >= 4 is 23.6 Å². The Morgan fingerprint density at radius 2 is 2.20 bits per heavy atom. The Morgan fingerprint density at radius 3 is 2.73 bits per heavy atom. The molecule has 0 radical (unpaired) electrons. The Bertz CT molecular complexity index is 261. The maximum Gasteiger partial charge on any atom is 0.407 e. The summed E-state index contributed by atoms with van der Waals surface area (Å²) in [4.78, 5) is 22.8. The van der Waals surface area contributed by atoms with Crippen LogP contribution in [0.2, 0.25) is 0 Å². The van der Waals surface area contributed by atoms with Crippen molar-refractivity contribution in [1.82, 2.24) is 10.2 Å². The van der Waals surface area contributed by atoms with Gasteiger partial charge in [0.2, 0.25) is 5.91 Å². The first-order valence-electron chi connectivity index (χ1n) is 4.56. The van der Waals surface area contributed by atoms with Crippen LogP contribution in [0.5, 0.6) is 0 Å². The molecule has 0 saturated carbocycles. The van der Waals surface area contributed by atoms with Gasteiger partial charge in [0.1, 0.15) is 5.88 Å². The van der Waals surface area contributed by atoms with Crippen LogP contribution < -0.4 is 5.32 Å². The number of halogens is 1. The number of aliphatic hydroxyl groups excluding tert-OH is 1. The van der Waals surface area contributed by atoms with E-state index in [9.17, 15) is 14.7 Å². The zero-order chi connectivity index (χ0) is 11.4. The van der Waals surface area contributed by atoms with Gasteiger partial charge < -0.3 is 20.4 Å². The topological polar surface area (TPSA) is 89.9 Å². The lowest BCUT2D eigenvalue weighted by Gasteiger charge is -2.34. The molecule has 0 aliphatic carbocycles. The largest absolute Gasteiger partial charge is 0.465 e. The number of likely N-dealkylation sites (tertiary alicyclic amines) is 1. The van der Waals surface area contributed by atoms with Gasteiger partial charge >= 0.3 is 6.09 Å². The van der Waals surface area contributed by atoms with E-state index in [-0.39, 0.29) is 19.0 Å². The number of alkyl halides is 1. The SMILES string of the molecule is O=C(CCl)NC1CN(C(=O)O)CCC1O. The smallest absolute Gasteiger partial charge is 0.407 e. The van der Waals surface area contributed by atoms with Gasteiger partial charge in [0.15, 0.2) is 0 Å². The number of rotatable bonds is 2. The molecule has 0 spiro atoms.